The van der Waals surface area contributed by atoms with Crippen LogP contribution < -0.4 is 4.89 Å². The maximum absolute atomic E-state index is 12.7. The number of allylic oxidation sites excluding steroid dienone is 2. The van der Waals surface area contributed by atoms with E-state index in [-0.39, 0.29) is 25.8 Å². The molecular formula is C42H84NO7P. The number of likely N-dealkylation sites (N-methyl/N-ethyl adjacent to an activating group) is 1. The maximum atomic E-state index is 12.7. The molecule has 0 rings (SSSR count). The van der Waals surface area contributed by atoms with Crippen LogP contribution in [0, 0.1) is 0 Å². The van der Waals surface area contributed by atoms with Crippen molar-refractivity contribution in [2.24, 2.45) is 0 Å². The van der Waals surface area contributed by atoms with Gasteiger partial charge in [0.25, 0.3) is 7.82 Å². The SMILES string of the molecule is CCCC/C=C\CCCCCCCCOCC(COP(=O)([O-])OCC[N+](C)(C)C)OC(=O)CCCCCCCCCCCCCCCCCCC. The Morgan fingerprint density at radius 1 is 0.588 bits per heavy atom. The van der Waals surface area contributed by atoms with Crippen molar-refractivity contribution in [2.75, 3.05) is 54.1 Å². The van der Waals surface area contributed by atoms with E-state index in [2.05, 4.69) is 26.0 Å². The number of unbranched alkanes of at least 4 members (excludes halogenated alkanes) is 24. The highest BCUT2D eigenvalue weighted by Gasteiger charge is 2.20. The van der Waals surface area contributed by atoms with Gasteiger partial charge in [-0.05, 0) is 32.1 Å². The molecule has 304 valence electrons. The summed E-state index contributed by atoms with van der Waals surface area (Å²) in [6.45, 7) is 5.39. The second-order valence-electron chi connectivity index (χ2n) is 15.7. The van der Waals surface area contributed by atoms with Gasteiger partial charge in [0.05, 0.1) is 34.4 Å². The lowest BCUT2D eigenvalue weighted by molar-refractivity contribution is -0.870. The van der Waals surface area contributed by atoms with Crippen molar-refractivity contribution in [3.63, 3.8) is 0 Å². The Morgan fingerprint density at radius 3 is 1.55 bits per heavy atom. The minimum atomic E-state index is -4.52. The number of hydrogen-bond donors (Lipinski definition) is 0. The van der Waals surface area contributed by atoms with E-state index in [1.165, 1.54) is 141 Å². The molecule has 0 spiro atoms. The minimum absolute atomic E-state index is 0.0280. The van der Waals surface area contributed by atoms with Gasteiger partial charge in [0.2, 0.25) is 0 Å². The zero-order chi connectivity index (χ0) is 37.7. The smallest absolute Gasteiger partial charge is 0.306 e. The van der Waals surface area contributed by atoms with Crippen molar-refractivity contribution in [3.8, 4) is 0 Å². The number of quaternary nitrogens is 1. The number of carbonyl (C=O) groups is 1. The van der Waals surface area contributed by atoms with Crippen molar-refractivity contribution in [2.45, 2.75) is 200 Å². The fraction of sp³-hybridized carbons (Fsp3) is 0.929. The summed E-state index contributed by atoms with van der Waals surface area (Å²) in [5, 5.41) is 0. The van der Waals surface area contributed by atoms with Gasteiger partial charge < -0.3 is 27.9 Å². The molecule has 0 saturated heterocycles. The number of hydrogen-bond acceptors (Lipinski definition) is 7. The van der Waals surface area contributed by atoms with E-state index >= 15 is 0 Å². The number of phosphoric ester groups is 1. The largest absolute Gasteiger partial charge is 0.756 e. The molecule has 0 amide bonds. The molecule has 0 aliphatic heterocycles. The summed E-state index contributed by atoms with van der Waals surface area (Å²) in [4.78, 5) is 25.0. The first-order valence-corrected chi connectivity index (χ1v) is 22.9. The Bertz CT molecular complexity index is 833. The van der Waals surface area contributed by atoms with E-state index in [1.807, 2.05) is 21.1 Å². The van der Waals surface area contributed by atoms with Crippen LogP contribution in [-0.2, 0) is 27.9 Å². The van der Waals surface area contributed by atoms with Crippen LogP contribution in [0.5, 0.6) is 0 Å². The molecule has 0 bridgehead atoms. The van der Waals surface area contributed by atoms with Gasteiger partial charge >= 0.3 is 5.97 Å². The molecule has 9 heteroatoms. The minimum Gasteiger partial charge on any atom is -0.756 e. The Balaban J connectivity index is 4.20. The van der Waals surface area contributed by atoms with E-state index in [0.29, 0.717) is 24.1 Å². The molecule has 51 heavy (non-hydrogen) atoms. The van der Waals surface area contributed by atoms with Crippen LogP contribution in [-0.4, -0.2) is 70.7 Å². The number of carbonyl (C=O) groups excluding carboxylic acids is 1. The van der Waals surface area contributed by atoms with Crippen molar-refractivity contribution < 1.29 is 37.3 Å². The van der Waals surface area contributed by atoms with Gasteiger partial charge in [-0.2, -0.15) is 0 Å². The molecule has 0 N–H and O–H groups in total. The lowest BCUT2D eigenvalue weighted by atomic mass is 10.0. The zero-order valence-corrected chi connectivity index (χ0v) is 35.2. The summed E-state index contributed by atoms with van der Waals surface area (Å²) < 4.78 is 34.5. The lowest BCUT2D eigenvalue weighted by Crippen LogP contribution is -2.37. The average Bonchev–Trinajstić information content (AvgIpc) is 3.08. The van der Waals surface area contributed by atoms with Gasteiger partial charge in [-0.25, -0.2) is 0 Å². The first-order valence-electron chi connectivity index (χ1n) is 21.4. The average molecular weight is 746 g/mol. The first kappa shape index (κ1) is 50.2. The Labute approximate surface area is 316 Å². The van der Waals surface area contributed by atoms with Gasteiger partial charge in [-0.15, -0.1) is 0 Å². The van der Waals surface area contributed by atoms with E-state index in [0.717, 1.165) is 32.1 Å². The van der Waals surface area contributed by atoms with Crippen LogP contribution >= 0.6 is 7.82 Å². The molecule has 0 aromatic rings. The predicted octanol–water partition coefficient (Wildman–Crippen LogP) is 11.6. The zero-order valence-electron chi connectivity index (χ0n) is 34.3. The highest BCUT2D eigenvalue weighted by atomic mass is 31.2. The van der Waals surface area contributed by atoms with E-state index in [9.17, 15) is 14.3 Å². The molecule has 2 atom stereocenters. The molecule has 8 nitrogen and oxygen atoms in total. The normalized spacial score (nSPS) is 13.9. The highest BCUT2D eigenvalue weighted by molar-refractivity contribution is 7.45. The van der Waals surface area contributed by atoms with Crippen LogP contribution in [0.15, 0.2) is 12.2 Å². The molecule has 0 radical (unpaired) electrons. The summed E-state index contributed by atoms with van der Waals surface area (Å²) in [7, 11) is 1.36. The number of nitrogens with zero attached hydrogens (tertiary/aromatic N) is 1. The maximum Gasteiger partial charge on any atom is 0.306 e. The van der Waals surface area contributed by atoms with Gasteiger partial charge in [0.15, 0.2) is 0 Å². The summed E-state index contributed by atoms with van der Waals surface area (Å²) in [6, 6.07) is 0. The standard InChI is InChI=1S/C42H84NO7P/c1-6-8-10-12-14-16-18-20-21-22-23-24-25-27-29-31-33-35-42(44)50-41(40-49-51(45,46)48-38-36-43(3,4)5)39-47-37-34-32-30-28-26-19-17-15-13-11-9-7-2/h13,15,41H,6-12,14,16-40H2,1-5H3/b15-13-. The van der Waals surface area contributed by atoms with Gasteiger partial charge in [-0.3, -0.25) is 9.36 Å². The van der Waals surface area contributed by atoms with E-state index < -0.39 is 13.9 Å². The Hall–Kier alpha value is -0.760. The molecule has 0 aromatic heterocycles. The third-order valence-corrected chi connectivity index (χ3v) is 10.3. The van der Waals surface area contributed by atoms with Gasteiger partial charge in [0, 0.05) is 13.0 Å². The van der Waals surface area contributed by atoms with Crippen LogP contribution in [0.3, 0.4) is 0 Å². The molecule has 0 aliphatic rings. The second-order valence-corrected chi connectivity index (χ2v) is 17.1. The number of phosphoric acid groups is 1. The third-order valence-electron chi connectivity index (χ3n) is 9.32. The molecule has 0 fully saturated rings. The predicted molar refractivity (Wildman–Crippen MR) is 213 cm³/mol. The topological polar surface area (TPSA) is 94.1 Å². The van der Waals surface area contributed by atoms with Gasteiger partial charge in [-0.1, -0.05) is 167 Å². The molecule has 2 unspecified atom stereocenters. The summed E-state index contributed by atoms with van der Waals surface area (Å²) >= 11 is 0. The molecule has 0 aromatic carbocycles. The van der Waals surface area contributed by atoms with Crippen molar-refractivity contribution in [1.29, 1.82) is 0 Å². The number of esters is 1. The highest BCUT2D eigenvalue weighted by Crippen LogP contribution is 2.38. The summed E-state index contributed by atoms with van der Waals surface area (Å²) in [6.07, 6.45) is 37.9. The summed E-state index contributed by atoms with van der Waals surface area (Å²) in [5.41, 5.74) is 0. The van der Waals surface area contributed by atoms with Crippen molar-refractivity contribution >= 4 is 13.8 Å². The molecular weight excluding hydrogens is 661 g/mol. The van der Waals surface area contributed by atoms with Crippen molar-refractivity contribution in [1.82, 2.24) is 0 Å². The van der Waals surface area contributed by atoms with E-state index in [1.54, 1.807) is 0 Å². The Kier molecular flexibility index (Phi) is 35.7. The molecule has 0 aliphatic carbocycles. The Morgan fingerprint density at radius 2 is 1.04 bits per heavy atom. The summed E-state index contributed by atoms with van der Waals surface area (Å²) in [5.74, 6) is -0.333. The van der Waals surface area contributed by atoms with E-state index in [4.69, 9.17) is 18.5 Å². The lowest BCUT2D eigenvalue weighted by Gasteiger charge is -2.28. The van der Waals surface area contributed by atoms with Gasteiger partial charge in [0.1, 0.15) is 19.3 Å². The second kappa shape index (κ2) is 36.2. The quantitative estimate of drug-likeness (QED) is 0.0203. The number of rotatable bonds is 40. The third kappa shape index (κ3) is 40.3. The van der Waals surface area contributed by atoms with Crippen LogP contribution in [0.2, 0.25) is 0 Å². The molecule has 0 heterocycles. The van der Waals surface area contributed by atoms with Crippen LogP contribution in [0.4, 0.5) is 0 Å². The fourth-order valence-electron chi connectivity index (χ4n) is 5.94. The number of ether oxygens (including phenoxy) is 2. The van der Waals surface area contributed by atoms with Crippen LogP contribution in [0.25, 0.3) is 0 Å². The first-order chi connectivity index (χ1) is 24.6. The van der Waals surface area contributed by atoms with Crippen LogP contribution in [0.1, 0.15) is 194 Å². The monoisotopic (exact) mass is 746 g/mol. The fourth-order valence-corrected chi connectivity index (χ4v) is 6.67. The molecule has 0 saturated carbocycles. The van der Waals surface area contributed by atoms with Crippen molar-refractivity contribution in [3.05, 3.63) is 12.2 Å².